The number of nitrogens with one attached hydrogen (secondary N) is 1. The molecule has 0 fully saturated rings. The van der Waals surface area contributed by atoms with E-state index < -0.39 is 0 Å². The van der Waals surface area contributed by atoms with Gasteiger partial charge in [0.25, 0.3) is 0 Å². The standard InChI is InChI=1S/C13H16ClN3/c1-3-8(2)13-12(17-15)7-9-10(14)5-4-6-11(9)16-13/h4-8,17H,3,15H2,1-2H3. The number of nitrogens with zero attached hydrogens (tertiary/aromatic N) is 1. The van der Waals surface area contributed by atoms with Crippen LogP contribution in [0.2, 0.25) is 5.02 Å². The van der Waals surface area contributed by atoms with Gasteiger partial charge in [-0.25, -0.2) is 0 Å². The van der Waals surface area contributed by atoms with Crippen molar-refractivity contribution in [3.63, 3.8) is 0 Å². The van der Waals surface area contributed by atoms with E-state index in [1.807, 2.05) is 24.3 Å². The monoisotopic (exact) mass is 249 g/mol. The largest absolute Gasteiger partial charge is 0.322 e. The number of hydrogen-bond donors (Lipinski definition) is 2. The molecular formula is C13H16ClN3. The Morgan fingerprint density at radius 2 is 2.24 bits per heavy atom. The van der Waals surface area contributed by atoms with Gasteiger partial charge in [0.2, 0.25) is 0 Å². The first-order chi connectivity index (χ1) is 8.17. The van der Waals surface area contributed by atoms with E-state index in [1.165, 1.54) is 0 Å². The number of pyridine rings is 1. The number of hydrogen-bond acceptors (Lipinski definition) is 3. The van der Waals surface area contributed by atoms with Crippen LogP contribution in [0.1, 0.15) is 31.9 Å². The molecular weight excluding hydrogens is 234 g/mol. The highest BCUT2D eigenvalue weighted by molar-refractivity contribution is 6.35. The molecule has 0 aliphatic rings. The summed E-state index contributed by atoms with van der Waals surface area (Å²) in [6, 6.07) is 7.70. The first kappa shape index (κ1) is 12.1. The molecule has 2 rings (SSSR count). The average Bonchev–Trinajstić information content (AvgIpc) is 2.37. The fourth-order valence-corrected chi connectivity index (χ4v) is 2.08. The molecule has 0 aliphatic carbocycles. The van der Waals surface area contributed by atoms with Crippen molar-refractivity contribution in [3.05, 3.63) is 35.0 Å². The van der Waals surface area contributed by atoms with Crippen LogP contribution in [-0.2, 0) is 0 Å². The van der Waals surface area contributed by atoms with Gasteiger partial charge in [-0.15, -0.1) is 0 Å². The minimum Gasteiger partial charge on any atom is -0.322 e. The summed E-state index contributed by atoms with van der Waals surface area (Å²) >= 11 is 6.14. The third-order valence-electron chi connectivity index (χ3n) is 3.07. The molecule has 1 aromatic heterocycles. The summed E-state index contributed by atoms with van der Waals surface area (Å²) in [6.07, 6.45) is 1.02. The van der Waals surface area contributed by atoms with Crippen LogP contribution in [0.5, 0.6) is 0 Å². The summed E-state index contributed by atoms with van der Waals surface area (Å²) < 4.78 is 0. The lowest BCUT2D eigenvalue weighted by Crippen LogP contribution is -2.12. The van der Waals surface area contributed by atoms with Crippen molar-refractivity contribution in [3.8, 4) is 0 Å². The van der Waals surface area contributed by atoms with E-state index in [2.05, 4.69) is 24.3 Å². The van der Waals surface area contributed by atoms with Crippen molar-refractivity contribution in [2.45, 2.75) is 26.2 Å². The number of rotatable bonds is 3. The van der Waals surface area contributed by atoms with Crippen molar-refractivity contribution in [2.75, 3.05) is 5.43 Å². The number of halogens is 1. The van der Waals surface area contributed by atoms with Gasteiger partial charge in [0.15, 0.2) is 0 Å². The lowest BCUT2D eigenvalue weighted by molar-refractivity contribution is 0.713. The molecule has 0 amide bonds. The average molecular weight is 250 g/mol. The molecule has 2 aromatic rings. The number of anilines is 1. The third kappa shape index (κ3) is 2.21. The van der Waals surface area contributed by atoms with Crippen LogP contribution in [0.4, 0.5) is 5.69 Å². The molecule has 1 atom stereocenters. The van der Waals surface area contributed by atoms with Gasteiger partial charge in [0.1, 0.15) is 0 Å². The number of hydrazine groups is 1. The Labute approximate surface area is 106 Å². The van der Waals surface area contributed by atoms with Crippen molar-refractivity contribution >= 4 is 28.2 Å². The van der Waals surface area contributed by atoms with Gasteiger partial charge < -0.3 is 5.43 Å². The molecule has 90 valence electrons. The predicted octanol–water partition coefficient (Wildman–Crippen LogP) is 3.69. The quantitative estimate of drug-likeness (QED) is 0.644. The molecule has 0 bridgehead atoms. The van der Waals surface area contributed by atoms with Crippen LogP contribution in [0.25, 0.3) is 10.9 Å². The lowest BCUT2D eigenvalue weighted by Gasteiger charge is -2.15. The topological polar surface area (TPSA) is 50.9 Å². The van der Waals surface area contributed by atoms with E-state index >= 15 is 0 Å². The zero-order valence-electron chi connectivity index (χ0n) is 10.00. The molecule has 0 spiro atoms. The fourth-order valence-electron chi connectivity index (χ4n) is 1.86. The van der Waals surface area contributed by atoms with Crippen LogP contribution in [0, 0.1) is 0 Å². The molecule has 1 unspecified atom stereocenters. The van der Waals surface area contributed by atoms with Gasteiger partial charge in [0, 0.05) is 11.3 Å². The van der Waals surface area contributed by atoms with Crippen molar-refractivity contribution in [2.24, 2.45) is 5.84 Å². The second-order valence-corrected chi connectivity index (χ2v) is 4.59. The van der Waals surface area contributed by atoms with Gasteiger partial charge >= 0.3 is 0 Å². The predicted molar refractivity (Wildman–Crippen MR) is 73.3 cm³/mol. The maximum absolute atomic E-state index is 6.14. The normalized spacial score (nSPS) is 12.7. The highest BCUT2D eigenvalue weighted by atomic mass is 35.5. The number of nitrogen functional groups attached to an aromatic ring is 1. The summed E-state index contributed by atoms with van der Waals surface area (Å²) in [4.78, 5) is 4.65. The summed E-state index contributed by atoms with van der Waals surface area (Å²) in [5.74, 6) is 5.92. The van der Waals surface area contributed by atoms with E-state index in [0.29, 0.717) is 10.9 Å². The second kappa shape index (κ2) is 4.90. The lowest BCUT2D eigenvalue weighted by atomic mass is 10.0. The summed E-state index contributed by atoms with van der Waals surface area (Å²) in [5, 5.41) is 1.62. The number of fused-ring (bicyclic) bond motifs is 1. The molecule has 1 aromatic carbocycles. The first-order valence-corrected chi connectivity index (χ1v) is 6.11. The summed E-state index contributed by atoms with van der Waals surface area (Å²) in [7, 11) is 0. The van der Waals surface area contributed by atoms with Gasteiger partial charge in [-0.1, -0.05) is 31.5 Å². The van der Waals surface area contributed by atoms with Gasteiger partial charge in [0.05, 0.1) is 21.9 Å². The van der Waals surface area contributed by atoms with E-state index in [-0.39, 0.29) is 0 Å². The zero-order chi connectivity index (χ0) is 12.4. The Hall–Kier alpha value is -1.32. The van der Waals surface area contributed by atoms with E-state index in [9.17, 15) is 0 Å². The molecule has 0 aliphatic heterocycles. The highest BCUT2D eigenvalue weighted by Gasteiger charge is 2.12. The first-order valence-electron chi connectivity index (χ1n) is 5.73. The van der Waals surface area contributed by atoms with Gasteiger partial charge in [-0.2, -0.15) is 0 Å². The van der Waals surface area contributed by atoms with Crippen LogP contribution < -0.4 is 11.3 Å². The number of benzene rings is 1. The molecule has 17 heavy (non-hydrogen) atoms. The molecule has 0 saturated carbocycles. The molecule has 3 N–H and O–H groups in total. The van der Waals surface area contributed by atoms with Crippen LogP contribution in [0.15, 0.2) is 24.3 Å². The van der Waals surface area contributed by atoms with Gasteiger partial charge in [-0.05, 0) is 24.6 Å². The maximum atomic E-state index is 6.14. The van der Waals surface area contributed by atoms with Crippen molar-refractivity contribution in [1.82, 2.24) is 4.98 Å². The number of nitrogens with two attached hydrogens (primary N) is 1. The Bertz CT molecular complexity index is 539. The molecule has 0 radical (unpaired) electrons. The zero-order valence-corrected chi connectivity index (χ0v) is 10.8. The van der Waals surface area contributed by atoms with Crippen LogP contribution in [-0.4, -0.2) is 4.98 Å². The Kier molecular flexibility index (Phi) is 3.50. The van der Waals surface area contributed by atoms with Crippen LogP contribution >= 0.6 is 11.6 Å². The van der Waals surface area contributed by atoms with E-state index in [4.69, 9.17) is 17.4 Å². The minimum atomic E-state index is 0.365. The SMILES string of the molecule is CCC(C)c1nc2cccc(Cl)c2cc1NN. The smallest absolute Gasteiger partial charge is 0.0722 e. The van der Waals surface area contributed by atoms with E-state index in [0.717, 1.165) is 28.7 Å². The number of aromatic nitrogens is 1. The highest BCUT2D eigenvalue weighted by Crippen LogP contribution is 2.30. The molecule has 0 saturated heterocycles. The maximum Gasteiger partial charge on any atom is 0.0722 e. The van der Waals surface area contributed by atoms with E-state index in [1.54, 1.807) is 0 Å². The fraction of sp³-hybridized carbons (Fsp3) is 0.308. The van der Waals surface area contributed by atoms with Crippen molar-refractivity contribution < 1.29 is 0 Å². The minimum absolute atomic E-state index is 0.365. The Morgan fingerprint density at radius 3 is 2.88 bits per heavy atom. The van der Waals surface area contributed by atoms with Crippen molar-refractivity contribution in [1.29, 1.82) is 0 Å². The summed E-state index contributed by atoms with van der Waals surface area (Å²) in [5.41, 5.74) is 5.46. The van der Waals surface area contributed by atoms with Crippen LogP contribution in [0.3, 0.4) is 0 Å². The molecule has 3 nitrogen and oxygen atoms in total. The van der Waals surface area contributed by atoms with Gasteiger partial charge in [-0.3, -0.25) is 10.8 Å². The summed E-state index contributed by atoms with van der Waals surface area (Å²) in [6.45, 7) is 4.27. The molecule has 1 heterocycles. The Balaban J connectivity index is 2.69. The molecule has 4 heteroatoms. The second-order valence-electron chi connectivity index (χ2n) is 4.18. The third-order valence-corrected chi connectivity index (χ3v) is 3.40. The Morgan fingerprint density at radius 1 is 1.47 bits per heavy atom.